The van der Waals surface area contributed by atoms with Gasteiger partial charge in [-0.15, -0.1) is 23.2 Å². The minimum Gasteiger partial charge on any atom is -0.283 e. The molecule has 0 aromatic heterocycles. The van der Waals surface area contributed by atoms with Crippen LogP contribution < -0.4 is 0 Å². The van der Waals surface area contributed by atoms with Crippen LogP contribution >= 0.6 is 23.2 Å². The van der Waals surface area contributed by atoms with Crippen molar-refractivity contribution < 1.29 is 9.59 Å². The van der Waals surface area contributed by atoms with E-state index in [1.165, 1.54) is 4.90 Å². The molecule has 0 heterocycles. The van der Waals surface area contributed by atoms with E-state index in [2.05, 4.69) is 0 Å². The molecule has 0 rings (SSSR count). The monoisotopic (exact) mass is 281 g/mol. The van der Waals surface area contributed by atoms with Gasteiger partial charge < -0.3 is 0 Å². The Morgan fingerprint density at radius 2 is 1.29 bits per heavy atom. The van der Waals surface area contributed by atoms with Gasteiger partial charge in [0.2, 0.25) is 11.8 Å². The van der Waals surface area contributed by atoms with Crippen LogP contribution in [0.1, 0.15) is 45.4 Å². The summed E-state index contributed by atoms with van der Waals surface area (Å²) in [6.07, 6.45) is 3.92. The third kappa shape index (κ3) is 7.61. The number of hydrogen-bond donors (Lipinski definition) is 0. The Morgan fingerprint density at radius 1 is 0.882 bits per heavy atom. The van der Waals surface area contributed by atoms with Crippen LogP contribution in [0.2, 0.25) is 0 Å². The number of unbranched alkanes of at least 4 members (excludes halogenated alkanes) is 2. The molecule has 0 aliphatic rings. The topological polar surface area (TPSA) is 37.4 Å². The van der Waals surface area contributed by atoms with Crippen LogP contribution in [-0.4, -0.2) is 35.0 Å². The third-order valence-electron chi connectivity index (χ3n) is 2.47. The lowest BCUT2D eigenvalue weighted by atomic mass is 10.2. The second-order valence-electron chi connectivity index (χ2n) is 3.82. The van der Waals surface area contributed by atoms with Gasteiger partial charge in [0, 0.05) is 31.1 Å². The fraction of sp³-hybridized carbons (Fsp3) is 0.833. The van der Waals surface area contributed by atoms with E-state index in [4.69, 9.17) is 23.2 Å². The van der Waals surface area contributed by atoms with E-state index in [0.29, 0.717) is 31.1 Å². The lowest BCUT2D eigenvalue weighted by Gasteiger charge is -2.18. The lowest BCUT2D eigenvalue weighted by molar-refractivity contribution is -0.144. The van der Waals surface area contributed by atoms with Crippen molar-refractivity contribution in [3.8, 4) is 0 Å². The SMILES string of the molecule is CCN(C(=O)CCCCCl)C(=O)CCCCCl. The summed E-state index contributed by atoms with van der Waals surface area (Å²) in [6.45, 7) is 2.26. The van der Waals surface area contributed by atoms with Crippen LogP contribution in [0.5, 0.6) is 0 Å². The van der Waals surface area contributed by atoms with E-state index in [1.807, 2.05) is 6.92 Å². The molecule has 100 valence electrons. The number of alkyl halides is 2. The second kappa shape index (κ2) is 10.8. The quantitative estimate of drug-likeness (QED) is 0.481. The van der Waals surface area contributed by atoms with Gasteiger partial charge >= 0.3 is 0 Å². The minimum absolute atomic E-state index is 0.0894. The van der Waals surface area contributed by atoms with Crippen molar-refractivity contribution in [1.82, 2.24) is 4.90 Å². The average molecular weight is 282 g/mol. The highest BCUT2D eigenvalue weighted by Crippen LogP contribution is 2.06. The average Bonchev–Trinajstić information content (AvgIpc) is 2.30. The molecule has 0 fully saturated rings. The second-order valence-corrected chi connectivity index (χ2v) is 4.58. The van der Waals surface area contributed by atoms with E-state index < -0.39 is 0 Å². The Morgan fingerprint density at radius 3 is 1.59 bits per heavy atom. The van der Waals surface area contributed by atoms with Gasteiger partial charge in [-0.2, -0.15) is 0 Å². The van der Waals surface area contributed by atoms with Crippen molar-refractivity contribution in [2.45, 2.75) is 45.4 Å². The van der Waals surface area contributed by atoms with Gasteiger partial charge in [0.1, 0.15) is 0 Å². The van der Waals surface area contributed by atoms with Crippen LogP contribution in [-0.2, 0) is 9.59 Å². The van der Waals surface area contributed by atoms with Gasteiger partial charge in [0.15, 0.2) is 0 Å². The van der Waals surface area contributed by atoms with Crippen molar-refractivity contribution in [2.75, 3.05) is 18.3 Å². The zero-order valence-electron chi connectivity index (χ0n) is 10.4. The molecule has 2 amide bonds. The fourth-order valence-corrected chi connectivity index (χ4v) is 1.88. The van der Waals surface area contributed by atoms with Gasteiger partial charge in [-0.05, 0) is 32.6 Å². The van der Waals surface area contributed by atoms with E-state index >= 15 is 0 Å². The standard InChI is InChI=1S/C12H21Cl2NO2/c1-2-15(11(16)7-3-5-9-13)12(17)8-4-6-10-14/h2-10H2,1H3. The maximum atomic E-state index is 11.8. The molecule has 0 atom stereocenters. The maximum absolute atomic E-state index is 11.8. The minimum atomic E-state index is -0.0894. The molecule has 0 saturated heterocycles. The van der Waals surface area contributed by atoms with Crippen LogP contribution in [0.15, 0.2) is 0 Å². The molecular weight excluding hydrogens is 261 g/mol. The third-order valence-corrected chi connectivity index (χ3v) is 3.00. The number of nitrogens with zero attached hydrogens (tertiary/aromatic N) is 1. The van der Waals surface area contributed by atoms with Gasteiger partial charge in [-0.1, -0.05) is 0 Å². The van der Waals surface area contributed by atoms with Crippen molar-refractivity contribution in [1.29, 1.82) is 0 Å². The molecule has 5 heteroatoms. The van der Waals surface area contributed by atoms with E-state index in [0.717, 1.165) is 25.7 Å². The molecule has 0 radical (unpaired) electrons. The summed E-state index contributed by atoms with van der Waals surface area (Å²) in [5, 5.41) is 0. The Kier molecular flexibility index (Phi) is 10.7. The summed E-state index contributed by atoms with van der Waals surface area (Å²) >= 11 is 11.1. The van der Waals surface area contributed by atoms with Gasteiger partial charge in [0.05, 0.1) is 0 Å². The Hall–Kier alpha value is -0.280. The zero-order valence-corrected chi connectivity index (χ0v) is 11.9. The zero-order chi connectivity index (χ0) is 13.1. The molecule has 0 spiro atoms. The van der Waals surface area contributed by atoms with E-state index in [1.54, 1.807) is 0 Å². The molecular formula is C12H21Cl2NO2. The molecule has 0 aromatic rings. The van der Waals surface area contributed by atoms with E-state index in [-0.39, 0.29) is 11.8 Å². The highest BCUT2D eigenvalue weighted by atomic mass is 35.5. The largest absolute Gasteiger partial charge is 0.283 e. The molecule has 0 aliphatic heterocycles. The van der Waals surface area contributed by atoms with Crippen molar-refractivity contribution in [2.24, 2.45) is 0 Å². The molecule has 0 aromatic carbocycles. The van der Waals surface area contributed by atoms with E-state index in [9.17, 15) is 9.59 Å². The first-order chi connectivity index (χ1) is 8.17. The van der Waals surface area contributed by atoms with Crippen molar-refractivity contribution in [3.05, 3.63) is 0 Å². The molecule has 0 unspecified atom stereocenters. The van der Waals surface area contributed by atoms with Crippen molar-refractivity contribution in [3.63, 3.8) is 0 Å². The predicted octanol–water partition coefficient (Wildman–Crippen LogP) is 3.18. The summed E-state index contributed by atoms with van der Waals surface area (Å²) in [7, 11) is 0. The number of rotatable bonds is 9. The Bertz CT molecular complexity index is 213. The fourth-order valence-electron chi connectivity index (χ4n) is 1.50. The number of imide groups is 1. The first-order valence-electron chi connectivity index (χ1n) is 6.12. The first-order valence-corrected chi connectivity index (χ1v) is 7.19. The van der Waals surface area contributed by atoms with Gasteiger partial charge in [0.25, 0.3) is 0 Å². The van der Waals surface area contributed by atoms with Crippen LogP contribution in [0.25, 0.3) is 0 Å². The van der Waals surface area contributed by atoms with Crippen LogP contribution in [0, 0.1) is 0 Å². The highest BCUT2D eigenvalue weighted by molar-refractivity contribution is 6.18. The van der Waals surface area contributed by atoms with Crippen molar-refractivity contribution >= 4 is 35.0 Å². The molecule has 0 saturated carbocycles. The number of carbonyl (C=O) groups is 2. The smallest absolute Gasteiger partial charge is 0.229 e. The maximum Gasteiger partial charge on any atom is 0.229 e. The first kappa shape index (κ1) is 16.7. The Labute approximate surface area is 113 Å². The summed E-state index contributed by atoms with van der Waals surface area (Å²) in [5.74, 6) is 0.938. The summed E-state index contributed by atoms with van der Waals surface area (Å²) in [6, 6.07) is 0. The number of amides is 2. The molecule has 17 heavy (non-hydrogen) atoms. The number of hydrogen-bond acceptors (Lipinski definition) is 2. The predicted molar refractivity (Wildman–Crippen MR) is 71.5 cm³/mol. The molecule has 3 nitrogen and oxygen atoms in total. The summed E-state index contributed by atoms with van der Waals surface area (Å²) in [5.41, 5.74) is 0. The molecule has 0 bridgehead atoms. The highest BCUT2D eigenvalue weighted by Gasteiger charge is 2.18. The normalized spacial score (nSPS) is 10.3. The number of halogens is 2. The van der Waals surface area contributed by atoms with Gasteiger partial charge in [-0.25, -0.2) is 0 Å². The summed E-state index contributed by atoms with van der Waals surface area (Å²) in [4.78, 5) is 24.9. The van der Waals surface area contributed by atoms with Gasteiger partial charge in [-0.3, -0.25) is 14.5 Å². The lowest BCUT2D eigenvalue weighted by Crippen LogP contribution is -2.36. The van der Waals surface area contributed by atoms with Crippen LogP contribution in [0.4, 0.5) is 0 Å². The van der Waals surface area contributed by atoms with Crippen LogP contribution in [0.3, 0.4) is 0 Å². The molecule has 0 aliphatic carbocycles. The Balaban J connectivity index is 4.01. The molecule has 0 N–H and O–H groups in total. The summed E-state index contributed by atoms with van der Waals surface area (Å²) < 4.78 is 0. The number of carbonyl (C=O) groups excluding carboxylic acids is 2.